The lowest BCUT2D eigenvalue weighted by molar-refractivity contribution is -0.165. The maximum absolute atomic E-state index is 11.5. The lowest BCUT2D eigenvalue weighted by Gasteiger charge is -2.32. The lowest BCUT2D eigenvalue weighted by atomic mass is 10.2. The van der Waals surface area contributed by atoms with Gasteiger partial charge in [-0.1, -0.05) is 0 Å². The molecule has 1 aliphatic rings. The van der Waals surface area contributed by atoms with E-state index in [9.17, 15) is 4.79 Å². The molecule has 2 unspecified atom stereocenters. The van der Waals surface area contributed by atoms with Gasteiger partial charge in [0, 0.05) is 6.54 Å². The smallest absolute Gasteiger partial charge is 0.324 e. The third kappa shape index (κ3) is 3.68. The second kappa shape index (κ2) is 5.92. The predicted octanol–water partition coefficient (Wildman–Crippen LogP) is -0.118. The van der Waals surface area contributed by atoms with E-state index in [1.807, 2.05) is 19.0 Å². The quantitative estimate of drug-likeness (QED) is 0.414. The molecule has 2 atom stereocenters. The van der Waals surface area contributed by atoms with Gasteiger partial charge in [0.05, 0.1) is 11.7 Å². The first-order chi connectivity index (χ1) is 7.15. The van der Waals surface area contributed by atoms with Crippen molar-refractivity contribution in [3.05, 3.63) is 0 Å². The highest BCUT2D eigenvalue weighted by atomic mass is 32.1. The number of carbonyl (C=O) groups excluding carboxylic acids is 1. The standard InChI is InChI=1S/C9H15N3O2S/c1-12(2)8-5-11-7(9(13)14-8)3-4-10-6-15/h7-8,11H,3-5H2,1-2H3. The van der Waals surface area contributed by atoms with Crippen molar-refractivity contribution in [1.29, 1.82) is 0 Å². The number of rotatable bonds is 4. The van der Waals surface area contributed by atoms with Crippen molar-refractivity contribution in [2.75, 3.05) is 27.2 Å². The number of cyclic esters (lactones) is 1. The molecule has 15 heavy (non-hydrogen) atoms. The second-order valence-electron chi connectivity index (χ2n) is 3.58. The molecule has 0 bridgehead atoms. The highest BCUT2D eigenvalue weighted by Gasteiger charge is 2.29. The zero-order chi connectivity index (χ0) is 11.3. The van der Waals surface area contributed by atoms with Crippen molar-refractivity contribution >= 4 is 23.3 Å². The number of hydrogen-bond donors (Lipinski definition) is 1. The molecule has 1 saturated heterocycles. The van der Waals surface area contributed by atoms with Crippen molar-refractivity contribution in [3.63, 3.8) is 0 Å². The topological polar surface area (TPSA) is 53.9 Å². The van der Waals surface area contributed by atoms with Crippen LogP contribution in [-0.2, 0) is 9.53 Å². The molecule has 0 amide bonds. The van der Waals surface area contributed by atoms with Crippen molar-refractivity contribution in [1.82, 2.24) is 10.2 Å². The number of aliphatic imine (C=N–C) groups is 1. The van der Waals surface area contributed by atoms with E-state index in [4.69, 9.17) is 4.74 Å². The number of nitrogens with zero attached hydrogens (tertiary/aromatic N) is 2. The maximum Gasteiger partial charge on any atom is 0.324 e. The zero-order valence-corrected chi connectivity index (χ0v) is 9.71. The SMILES string of the molecule is CN(C)C1CNC(CCN=C=S)C(=O)O1. The van der Waals surface area contributed by atoms with E-state index in [0.29, 0.717) is 19.5 Å². The van der Waals surface area contributed by atoms with E-state index in [1.165, 1.54) is 0 Å². The molecule has 1 rings (SSSR count). The number of thiocarbonyl (C=S) groups is 1. The molecule has 1 N–H and O–H groups in total. The third-order valence-electron chi connectivity index (χ3n) is 2.25. The number of esters is 1. The molecule has 0 radical (unpaired) electrons. The number of carbonyl (C=O) groups is 1. The molecule has 0 aromatic carbocycles. The van der Waals surface area contributed by atoms with Gasteiger partial charge in [0.2, 0.25) is 0 Å². The molecule has 5 nitrogen and oxygen atoms in total. The van der Waals surface area contributed by atoms with Crippen LogP contribution in [0.1, 0.15) is 6.42 Å². The summed E-state index contributed by atoms with van der Waals surface area (Å²) in [5.74, 6) is -0.223. The first-order valence-corrected chi connectivity index (χ1v) is 5.20. The van der Waals surface area contributed by atoms with Gasteiger partial charge in [-0.2, -0.15) is 0 Å². The number of morpholine rings is 1. The second-order valence-corrected chi connectivity index (χ2v) is 3.76. The van der Waals surface area contributed by atoms with Crippen LogP contribution in [0.25, 0.3) is 0 Å². The molecule has 1 aliphatic heterocycles. The fraction of sp³-hybridized carbons (Fsp3) is 0.778. The summed E-state index contributed by atoms with van der Waals surface area (Å²) < 4.78 is 5.23. The highest BCUT2D eigenvalue weighted by molar-refractivity contribution is 7.78. The van der Waals surface area contributed by atoms with Crippen molar-refractivity contribution in [2.24, 2.45) is 4.99 Å². The number of ether oxygens (including phenoxy) is 1. The molecule has 1 heterocycles. The Balaban J connectivity index is 2.39. The summed E-state index contributed by atoms with van der Waals surface area (Å²) in [6, 6.07) is -0.270. The number of isothiocyanates is 1. The molecule has 0 aromatic heterocycles. The first kappa shape index (κ1) is 12.3. The van der Waals surface area contributed by atoms with Gasteiger partial charge in [-0.25, -0.2) is 4.99 Å². The maximum atomic E-state index is 11.5. The Labute approximate surface area is 94.5 Å². The fourth-order valence-electron chi connectivity index (χ4n) is 1.33. The molecular formula is C9H15N3O2S. The van der Waals surface area contributed by atoms with E-state index >= 15 is 0 Å². The molecule has 0 aliphatic carbocycles. The minimum atomic E-state index is -0.270. The van der Waals surface area contributed by atoms with E-state index < -0.39 is 0 Å². The van der Waals surface area contributed by atoms with E-state index in [-0.39, 0.29) is 18.2 Å². The van der Waals surface area contributed by atoms with Gasteiger partial charge in [-0.15, -0.1) is 0 Å². The highest BCUT2D eigenvalue weighted by Crippen LogP contribution is 2.07. The molecule has 6 heteroatoms. The summed E-state index contributed by atoms with van der Waals surface area (Å²) in [6.07, 6.45) is 0.422. The summed E-state index contributed by atoms with van der Waals surface area (Å²) in [4.78, 5) is 17.1. The van der Waals surface area contributed by atoms with Crippen LogP contribution in [0.4, 0.5) is 0 Å². The zero-order valence-electron chi connectivity index (χ0n) is 8.90. The number of nitrogens with one attached hydrogen (secondary N) is 1. The Morgan fingerprint density at radius 2 is 2.47 bits per heavy atom. The number of likely N-dealkylation sites (N-methyl/N-ethyl adjacent to an activating group) is 1. The Hall–Kier alpha value is -0.810. The third-order valence-corrected chi connectivity index (χ3v) is 2.37. The van der Waals surface area contributed by atoms with Crippen LogP contribution in [0.15, 0.2) is 4.99 Å². The fourth-order valence-corrected chi connectivity index (χ4v) is 1.42. The van der Waals surface area contributed by atoms with Crippen molar-refractivity contribution in [3.8, 4) is 0 Å². The van der Waals surface area contributed by atoms with E-state index in [0.717, 1.165) is 0 Å². The predicted molar refractivity (Wildman–Crippen MR) is 59.9 cm³/mol. The van der Waals surface area contributed by atoms with Gasteiger partial charge in [-0.05, 0) is 32.7 Å². The van der Waals surface area contributed by atoms with E-state index in [1.54, 1.807) is 0 Å². The monoisotopic (exact) mass is 229 g/mol. The van der Waals surface area contributed by atoms with Crippen LogP contribution < -0.4 is 5.32 Å². The van der Waals surface area contributed by atoms with Crippen molar-refractivity contribution in [2.45, 2.75) is 18.7 Å². The Morgan fingerprint density at radius 1 is 1.73 bits per heavy atom. The van der Waals surface area contributed by atoms with Crippen LogP contribution in [0.5, 0.6) is 0 Å². The van der Waals surface area contributed by atoms with Crippen LogP contribution in [-0.4, -0.2) is 55.5 Å². The van der Waals surface area contributed by atoms with Crippen LogP contribution in [0.3, 0.4) is 0 Å². The summed E-state index contributed by atoms with van der Waals surface area (Å²) in [5.41, 5.74) is 0. The molecule has 0 spiro atoms. The minimum Gasteiger partial charge on any atom is -0.444 e. The number of hydrogen-bond acceptors (Lipinski definition) is 6. The van der Waals surface area contributed by atoms with Gasteiger partial charge in [-0.3, -0.25) is 15.0 Å². The summed E-state index contributed by atoms with van der Waals surface area (Å²) in [5, 5.41) is 5.39. The van der Waals surface area contributed by atoms with Gasteiger partial charge in [0.25, 0.3) is 0 Å². The summed E-state index contributed by atoms with van der Waals surface area (Å²) in [7, 11) is 3.74. The summed E-state index contributed by atoms with van der Waals surface area (Å²) >= 11 is 4.44. The van der Waals surface area contributed by atoms with Crippen LogP contribution in [0.2, 0.25) is 0 Å². The molecular weight excluding hydrogens is 214 g/mol. The van der Waals surface area contributed by atoms with Crippen molar-refractivity contribution < 1.29 is 9.53 Å². The largest absolute Gasteiger partial charge is 0.444 e. The Morgan fingerprint density at radius 3 is 3.00 bits per heavy atom. The average Bonchev–Trinajstić information content (AvgIpc) is 2.20. The molecule has 0 saturated carbocycles. The van der Waals surface area contributed by atoms with Crippen LogP contribution >= 0.6 is 12.2 Å². The van der Waals surface area contributed by atoms with Gasteiger partial charge in [0.15, 0.2) is 6.23 Å². The normalized spacial score (nSPS) is 25.9. The molecule has 1 fully saturated rings. The van der Waals surface area contributed by atoms with Gasteiger partial charge >= 0.3 is 5.97 Å². The van der Waals surface area contributed by atoms with Crippen LogP contribution in [0, 0.1) is 0 Å². The Bertz CT molecular complexity index is 277. The lowest BCUT2D eigenvalue weighted by Crippen LogP contribution is -2.54. The molecule has 0 aromatic rings. The van der Waals surface area contributed by atoms with Gasteiger partial charge < -0.3 is 4.74 Å². The first-order valence-electron chi connectivity index (χ1n) is 4.79. The average molecular weight is 229 g/mol. The van der Waals surface area contributed by atoms with Gasteiger partial charge in [0.1, 0.15) is 6.04 Å². The minimum absolute atomic E-state index is 0.178. The Kier molecular flexibility index (Phi) is 4.84. The van der Waals surface area contributed by atoms with E-state index in [2.05, 4.69) is 27.7 Å². The summed E-state index contributed by atoms with van der Waals surface area (Å²) in [6.45, 7) is 1.15. The molecule has 84 valence electrons.